The third-order valence-corrected chi connectivity index (χ3v) is 3.50. The Labute approximate surface area is 116 Å². The SMILES string of the molecule is CCc1ccc2c(O)n([N+](=S)[S-])c(O)c2c1CC. The third kappa shape index (κ3) is 1.72. The molecular weight excluding hydrogens is 268 g/mol. The molecule has 4 nitrogen and oxygen atoms in total. The normalized spacial score (nSPS) is 11.0. The maximum absolute atomic E-state index is 10.2. The average Bonchev–Trinajstić information content (AvgIpc) is 2.60. The summed E-state index contributed by atoms with van der Waals surface area (Å²) < 4.78 is 1.88. The van der Waals surface area contributed by atoms with Crippen LogP contribution in [-0.4, -0.2) is 18.3 Å². The van der Waals surface area contributed by atoms with E-state index in [4.69, 9.17) is 25.2 Å². The number of rotatable bonds is 3. The highest BCUT2D eigenvalue weighted by atomic mass is 32.2. The van der Waals surface area contributed by atoms with Crippen LogP contribution in [0.25, 0.3) is 10.8 Å². The summed E-state index contributed by atoms with van der Waals surface area (Å²) in [7, 11) is 0. The minimum Gasteiger partial charge on any atom is -0.490 e. The van der Waals surface area contributed by atoms with Gasteiger partial charge in [0.2, 0.25) is 0 Å². The van der Waals surface area contributed by atoms with Crippen molar-refractivity contribution in [3.63, 3.8) is 0 Å². The largest absolute Gasteiger partial charge is 0.490 e. The van der Waals surface area contributed by atoms with Crippen molar-refractivity contribution in [1.82, 2.24) is 4.68 Å². The van der Waals surface area contributed by atoms with Gasteiger partial charge < -0.3 is 10.2 Å². The molecular formula is C12H14N2O2S2. The molecule has 0 saturated carbocycles. The molecule has 96 valence electrons. The van der Waals surface area contributed by atoms with Gasteiger partial charge in [0.05, 0.1) is 10.8 Å². The van der Waals surface area contributed by atoms with E-state index in [2.05, 4.69) is 6.92 Å². The van der Waals surface area contributed by atoms with Crippen molar-refractivity contribution in [2.75, 3.05) is 0 Å². The van der Waals surface area contributed by atoms with Crippen LogP contribution in [0.3, 0.4) is 0 Å². The number of fused-ring (bicyclic) bond motifs is 1. The Morgan fingerprint density at radius 1 is 1.22 bits per heavy atom. The van der Waals surface area contributed by atoms with Gasteiger partial charge in [0.1, 0.15) is 0 Å². The lowest BCUT2D eigenvalue weighted by molar-refractivity contribution is -0.390. The van der Waals surface area contributed by atoms with Crippen molar-refractivity contribution in [2.24, 2.45) is 0 Å². The molecule has 18 heavy (non-hydrogen) atoms. The summed E-state index contributed by atoms with van der Waals surface area (Å²) in [5, 5.41) is 21.5. The summed E-state index contributed by atoms with van der Waals surface area (Å²) in [6.45, 7) is 4.07. The molecule has 1 aromatic heterocycles. The van der Waals surface area contributed by atoms with E-state index >= 15 is 0 Å². The fraction of sp³-hybridized carbons (Fsp3) is 0.333. The van der Waals surface area contributed by atoms with Gasteiger partial charge >= 0.3 is 0 Å². The monoisotopic (exact) mass is 282 g/mol. The van der Waals surface area contributed by atoms with Gasteiger partial charge in [-0.05, 0) is 55.3 Å². The van der Waals surface area contributed by atoms with E-state index in [0.29, 0.717) is 10.8 Å². The lowest BCUT2D eigenvalue weighted by Gasteiger charge is -2.06. The third-order valence-electron chi connectivity index (χ3n) is 3.17. The Kier molecular flexibility index (Phi) is 3.41. The van der Waals surface area contributed by atoms with Crippen molar-refractivity contribution in [2.45, 2.75) is 26.7 Å². The van der Waals surface area contributed by atoms with Crippen LogP contribution in [0.4, 0.5) is 0 Å². The first-order chi connectivity index (χ1) is 8.52. The lowest BCUT2D eigenvalue weighted by atomic mass is 9.98. The van der Waals surface area contributed by atoms with Crippen LogP contribution in [-0.2, 0) is 38.1 Å². The summed E-state index contributed by atoms with van der Waals surface area (Å²) in [6.07, 6.45) is 1.64. The summed E-state index contributed by atoms with van der Waals surface area (Å²) in [4.78, 5) is 0. The Morgan fingerprint density at radius 2 is 1.89 bits per heavy atom. The first kappa shape index (κ1) is 13.0. The molecule has 0 unspecified atom stereocenters. The van der Waals surface area contributed by atoms with Crippen molar-refractivity contribution in [3.05, 3.63) is 23.3 Å². The number of hydrogen-bond donors (Lipinski definition) is 2. The van der Waals surface area contributed by atoms with Gasteiger partial charge in [-0.2, -0.15) is 0 Å². The average molecular weight is 282 g/mol. The molecule has 0 aliphatic carbocycles. The second kappa shape index (κ2) is 4.70. The van der Waals surface area contributed by atoms with E-state index in [0.717, 1.165) is 32.1 Å². The number of benzene rings is 1. The molecule has 0 aliphatic rings. The smallest absolute Gasteiger partial charge is 0.262 e. The summed E-state index contributed by atoms with van der Waals surface area (Å²) in [6, 6.07) is 3.74. The predicted molar refractivity (Wildman–Crippen MR) is 74.4 cm³/mol. The molecule has 2 N–H and O–H groups in total. The highest BCUT2D eigenvalue weighted by molar-refractivity contribution is 7.58. The van der Waals surface area contributed by atoms with E-state index in [1.807, 2.05) is 13.0 Å². The highest BCUT2D eigenvalue weighted by Crippen LogP contribution is 2.39. The fourth-order valence-electron chi connectivity index (χ4n) is 2.34. The van der Waals surface area contributed by atoms with Crippen molar-refractivity contribution < 1.29 is 13.7 Å². The molecule has 0 spiro atoms. The number of aromatic hydroxyl groups is 2. The minimum atomic E-state index is -0.121. The second-order valence-electron chi connectivity index (χ2n) is 4.03. The van der Waals surface area contributed by atoms with Crippen LogP contribution in [0.5, 0.6) is 11.8 Å². The zero-order valence-electron chi connectivity index (χ0n) is 10.2. The zero-order chi connectivity index (χ0) is 13.4. The quantitative estimate of drug-likeness (QED) is 0.669. The number of hydrogen-bond acceptors (Lipinski definition) is 4. The molecule has 0 saturated heterocycles. The van der Waals surface area contributed by atoms with Crippen molar-refractivity contribution in [3.8, 4) is 11.8 Å². The lowest BCUT2D eigenvalue weighted by Crippen LogP contribution is -2.06. The number of aromatic nitrogens is 1. The van der Waals surface area contributed by atoms with Gasteiger partial charge in [0.15, 0.2) is 0 Å². The molecule has 1 heterocycles. The Morgan fingerprint density at radius 3 is 2.39 bits per heavy atom. The second-order valence-corrected chi connectivity index (χ2v) is 4.95. The highest BCUT2D eigenvalue weighted by Gasteiger charge is 2.23. The molecule has 0 bridgehead atoms. The van der Waals surface area contributed by atoms with Gasteiger partial charge in [-0.15, -0.1) is 3.46 Å². The van der Waals surface area contributed by atoms with Crippen LogP contribution >= 0.6 is 0 Å². The van der Waals surface area contributed by atoms with Gasteiger partial charge in [0, 0.05) is 0 Å². The van der Waals surface area contributed by atoms with Gasteiger partial charge in [-0.1, -0.05) is 24.6 Å². The molecule has 1 aromatic carbocycles. The molecule has 2 aromatic rings. The molecule has 0 fully saturated rings. The van der Waals surface area contributed by atoms with Gasteiger partial charge in [-0.25, -0.2) is 0 Å². The van der Waals surface area contributed by atoms with Crippen molar-refractivity contribution >= 4 is 36.0 Å². The topological polar surface area (TPSA) is 48.4 Å². The molecule has 0 aliphatic heterocycles. The van der Waals surface area contributed by atoms with E-state index in [1.54, 1.807) is 6.07 Å². The van der Waals surface area contributed by atoms with E-state index < -0.39 is 0 Å². The molecule has 6 heteroatoms. The Balaban J connectivity index is 2.94. The van der Waals surface area contributed by atoms with Crippen LogP contribution in [0.1, 0.15) is 25.0 Å². The maximum Gasteiger partial charge on any atom is 0.262 e. The number of aryl methyl sites for hydroxylation is 2. The summed E-state index contributed by atoms with van der Waals surface area (Å²) in [5.74, 6) is -0.218. The van der Waals surface area contributed by atoms with E-state index in [1.165, 1.54) is 0 Å². The molecule has 0 atom stereocenters. The Bertz CT molecular complexity index is 635. The van der Waals surface area contributed by atoms with E-state index in [-0.39, 0.29) is 11.8 Å². The fourth-order valence-corrected chi connectivity index (χ4v) is 2.65. The van der Waals surface area contributed by atoms with Crippen LogP contribution in [0.2, 0.25) is 0 Å². The van der Waals surface area contributed by atoms with Crippen LogP contribution in [0, 0.1) is 0 Å². The maximum atomic E-state index is 10.2. The van der Waals surface area contributed by atoms with Crippen LogP contribution in [0.15, 0.2) is 12.1 Å². The molecule has 0 radical (unpaired) electrons. The zero-order valence-corrected chi connectivity index (χ0v) is 11.8. The summed E-state index contributed by atoms with van der Waals surface area (Å²) in [5.41, 5.74) is 2.17. The summed E-state index contributed by atoms with van der Waals surface area (Å²) >= 11 is 9.59. The molecule has 0 amide bonds. The Hall–Kier alpha value is -1.40. The standard InChI is InChI=1S/C12H14N2O2S2/c1-3-7-5-6-9-10(8(7)4-2)12(16)13(11(9)15)14(17)18/h5-6,15-16H,3-4H2,1-2H3. The number of nitrogens with zero attached hydrogens (tertiary/aromatic N) is 2. The van der Waals surface area contributed by atoms with Gasteiger partial charge in [-0.3, -0.25) is 0 Å². The van der Waals surface area contributed by atoms with Crippen LogP contribution < -0.4 is 0 Å². The van der Waals surface area contributed by atoms with Crippen molar-refractivity contribution in [1.29, 1.82) is 0 Å². The van der Waals surface area contributed by atoms with Gasteiger partial charge in [0.25, 0.3) is 11.8 Å². The first-order valence-electron chi connectivity index (χ1n) is 5.74. The van der Waals surface area contributed by atoms with E-state index in [9.17, 15) is 10.2 Å². The molecule has 2 rings (SSSR count). The predicted octanol–water partition coefficient (Wildman–Crippen LogP) is 2.15. The first-order valence-corrected chi connectivity index (χ1v) is 6.47. The minimum absolute atomic E-state index is 0.0975.